The van der Waals surface area contributed by atoms with Crippen molar-refractivity contribution < 1.29 is 9.00 Å². The van der Waals surface area contributed by atoms with Crippen molar-refractivity contribution in [3.63, 3.8) is 0 Å². The second-order valence-electron chi connectivity index (χ2n) is 4.19. The molecule has 5 nitrogen and oxygen atoms in total. The molecule has 0 radical (unpaired) electrons. The van der Waals surface area contributed by atoms with E-state index in [2.05, 4.69) is 31.5 Å². The number of nitrogens with one attached hydrogen (secondary N) is 2. The summed E-state index contributed by atoms with van der Waals surface area (Å²) >= 11 is 3.30. The minimum atomic E-state index is -0.937. The van der Waals surface area contributed by atoms with Crippen LogP contribution in [-0.2, 0) is 10.8 Å². The molecule has 106 valence electrons. The highest BCUT2D eigenvalue weighted by Crippen LogP contribution is 2.18. The van der Waals surface area contributed by atoms with Gasteiger partial charge < -0.3 is 10.6 Å². The second-order valence-corrected chi connectivity index (χ2v) is 6.59. The van der Waals surface area contributed by atoms with Crippen LogP contribution in [0.25, 0.3) is 0 Å². The molecule has 0 aromatic carbocycles. The third-order valence-electron chi connectivity index (χ3n) is 2.31. The van der Waals surface area contributed by atoms with E-state index < -0.39 is 10.8 Å². The van der Waals surface area contributed by atoms with Crippen LogP contribution in [0.2, 0.25) is 0 Å². The maximum atomic E-state index is 12.2. The summed E-state index contributed by atoms with van der Waals surface area (Å²) in [5.41, 5.74) is 0.477. The van der Waals surface area contributed by atoms with Crippen LogP contribution in [-0.4, -0.2) is 39.7 Å². The van der Waals surface area contributed by atoms with Gasteiger partial charge >= 0.3 is 0 Å². The molecule has 0 bridgehead atoms. The van der Waals surface area contributed by atoms with Crippen molar-refractivity contribution in [2.45, 2.75) is 19.9 Å². The Balaban J connectivity index is 2.85. The molecule has 7 heteroatoms. The number of aromatic nitrogens is 1. The van der Waals surface area contributed by atoms with Crippen LogP contribution in [0, 0.1) is 0 Å². The molecule has 0 saturated carbocycles. The molecule has 2 atom stereocenters. The van der Waals surface area contributed by atoms with Crippen LogP contribution in [0.15, 0.2) is 16.7 Å². The Bertz CT molecular complexity index is 482. The first kappa shape index (κ1) is 16.1. The Morgan fingerprint density at radius 2 is 2.26 bits per heavy atom. The Labute approximate surface area is 124 Å². The van der Waals surface area contributed by atoms with E-state index in [1.807, 2.05) is 13.8 Å². The molecule has 0 aliphatic carbocycles. The summed E-state index contributed by atoms with van der Waals surface area (Å²) in [5.74, 6) is 0.764. The molecule has 2 unspecified atom stereocenters. The fourth-order valence-corrected chi connectivity index (χ4v) is 2.73. The molecule has 0 aliphatic rings. The van der Waals surface area contributed by atoms with Crippen molar-refractivity contribution in [2.24, 2.45) is 0 Å². The van der Waals surface area contributed by atoms with Crippen molar-refractivity contribution in [1.29, 1.82) is 0 Å². The van der Waals surface area contributed by atoms with Gasteiger partial charge in [0.15, 0.2) is 0 Å². The monoisotopic (exact) mass is 347 g/mol. The van der Waals surface area contributed by atoms with Gasteiger partial charge in [0.25, 0.3) is 5.91 Å². The smallest absolute Gasteiger partial charge is 0.255 e. The summed E-state index contributed by atoms with van der Waals surface area (Å²) in [4.78, 5) is 16.4. The number of hydrogen-bond donors (Lipinski definition) is 2. The molecule has 1 amide bonds. The van der Waals surface area contributed by atoms with Crippen molar-refractivity contribution in [3.8, 4) is 0 Å². The summed E-state index contributed by atoms with van der Waals surface area (Å²) in [7, 11) is -0.937. The van der Waals surface area contributed by atoms with Gasteiger partial charge in [-0.3, -0.25) is 9.00 Å². The molecule has 0 aliphatic heterocycles. The SMILES string of the molecule is CCNc1ncc(Br)cc1C(=O)NC(C)CS(C)=O. The average molecular weight is 348 g/mol. The zero-order valence-electron chi connectivity index (χ0n) is 11.2. The first-order valence-electron chi connectivity index (χ1n) is 5.94. The van der Waals surface area contributed by atoms with Crippen LogP contribution < -0.4 is 10.6 Å². The maximum Gasteiger partial charge on any atom is 0.255 e. The fraction of sp³-hybridized carbons (Fsp3) is 0.500. The first-order valence-corrected chi connectivity index (χ1v) is 8.46. The number of halogens is 1. The normalized spacial score (nSPS) is 13.7. The zero-order valence-corrected chi connectivity index (χ0v) is 13.6. The van der Waals surface area contributed by atoms with E-state index in [4.69, 9.17) is 0 Å². The van der Waals surface area contributed by atoms with Gasteiger partial charge in [-0.15, -0.1) is 0 Å². The Kier molecular flexibility index (Phi) is 6.44. The summed E-state index contributed by atoms with van der Waals surface area (Å²) in [5, 5.41) is 5.87. The fourth-order valence-electron chi connectivity index (χ4n) is 1.62. The van der Waals surface area contributed by atoms with Crippen molar-refractivity contribution in [1.82, 2.24) is 10.3 Å². The highest BCUT2D eigenvalue weighted by Gasteiger charge is 2.15. The van der Waals surface area contributed by atoms with Gasteiger partial charge in [-0.05, 0) is 35.8 Å². The minimum absolute atomic E-state index is 0.146. The van der Waals surface area contributed by atoms with Crippen LogP contribution >= 0.6 is 15.9 Å². The number of anilines is 1. The lowest BCUT2D eigenvalue weighted by molar-refractivity contribution is 0.0944. The molecular weight excluding hydrogens is 330 g/mol. The lowest BCUT2D eigenvalue weighted by Gasteiger charge is -2.14. The number of nitrogens with zero attached hydrogens (tertiary/aromatic N) is 1. The number of amides is 1. The van der Waals surface area contributed by atoms with E-state index in [1.54, 1.807) is 18.5 Å². The van der Waals surface area contributed by atoms with Crippen molar-refractivity contribution in [2.75, 3.05) is 23.9 Å². The van der Waals surface area contributed by atoms with E-state index >= 15 is 0 Å². The molecule has 1 rings (SSSR count). The van der Waals surface area contributed by atoms with Gasteiger partial charge in [-0.1, -0.05) is 0 Å². The van der Waals surface area contributed by atoms with E-state index in [-0.39, 0.29) is 11.9 Å². The first-order chi connectivity index (χ1) is 8.93. The van der Waals surface area contributed by atoms with Gasteiger partial charge in [-0.2, -0.15) is 0 Å². The summed E-state index contributed by atoms with van der Waals surface area (Å²) in [6.07, 6.45) is 3.26. The molecular formula is C12H18BrN3O2S. The predicted octanol–water partition coefficient (Wildman–Crippen LogP) is 1.77. The van der Waals surface area contributed by atoms with Crippen LogP contribution in [0.3, 0.4) is 0 Å². The third-order valence-corrected chi connectivity index (χ3v) is 3.71. The van der Waals surface area contributed by atoms with Crippen LogP contribution in [0.4, 0.5) is 5.82 Å². The van der Waals surface area contributed by atoms with E-state index in [0.717, 1.165) is 4.47 Å². The molecule has 2 N–H and O–H groups in total. The topological polar surface area (TPSA) is 71.1 Å². The molecule has 1 aromatic rings. The van der Waals surface area contributed by atoms with Gasteiger partial charge in [0, 0.05) is 46.1 Å². The quantitative estimate of drug-likeness (QED) is 0.822. The number of pyridine rings is 1. The van der Waals surface area contributed by atoms with Gasteiger partial charge in [0.1, 0.15) is 5.82 Å². The van der Waals surface area contributed by atoms with E-state index in [9.17, 15) is 9.00 Å². The van der Waals surface area contributed by atoms with Crippen LogP contribution in [0.1, 0.15) is 24.2 Å². The predicted molar refractivity (Wildman–Crippen MR) is 82.0 cm³/mol. The third kappa shape index (κ3) is 5.28. The number of hydrogen-bond acceptors (Lipinski definition) is 4. The summed E-state index contributed by atoms with van der Waals surface area (Å²) < 4.78 is 11.9. The Morgan fingerprint density at radius 3 is 2.84 bits per heavy atom. The van der Waals surface area contributed by atoms with E-state index in [1.165, 1.54) is 0 Å². The zero-order chi connectivity index (χ0) is 14.4. The maximum absolute atomic E-state index is 12.2. The number of rotatable bonds is 6. The number of carbonyl (C=O) groups is 1. The summed E-state index contributed by atoms with van der Waals surface area (Å²) in [6, 6.07) is 1.57. The lowest BCUT2D eigenvalue weighted by atomic mass is 10.2. The number of carbonyl (C=O) groups excluding carboxylic acids is 1. The highest BCUT2D eigenvalue weighted by atomic mass is 79.9. The summed E-state index contributed by atoms with van der Waals surface area (Å²) in [6.45, 7) is 4.45. The van der Waals surface area contributed by atoms with Crippen molar-refractivity contribution in [3.05, 3.63) is 22.3 Å². The Morgan fingerprint density at radius 1 is 1.58 bits per heavy atom. The molecule has 0 spiro atoms. The highest BCUT2D eigenvalue weighted by molar-refractivity contribution is 9.10. The average Bonchev–Trinajstić information content (AvgIpc) is 2.30. The van der Waals surface area contributed by atoms with E-state index in [0.29, 0.717) is 23.7 Å². The van der Waals surface area contributed by atoms with Gasteiger partial charge in [0.2, 0.25) is 0 Å². The van der Waals surface area contributed by atoms with Crippen LogP contribution in [0.5, 0.6) is 0 Å². The molecule has 1 aromatic heterocycles. The van der Waals surface area contributed by atoms with Gasteiger partial charge in [-0.25, -0.2) is 4.98 Å². The second kappa shape index (κ2) is 7.59. The minimum Gasteiger partial charge on any atom is -0.370 e. The largest absolute Gasteiger partial charge is 0.370 e. The Hall–Kier alpha value is -0.950. The lowest BCUT2D eigenvalue weighted by Crippen LogP contribution is -2.36. The molecule has 1 heterocycles. The standard InChI is InChI=1S/C12H18BrN3O2S/c1-4-14-11-10(5-9(13)6-15-11)12(17)16-8(2)7-19(3)18/h5-6,8H,4,7H2,1-3H3,(H,14,15)(H,16,17). The molecule has 0 fully saturated rings. The molecule has 0 saturated heterocycles. The van der Waals surface area contributed by atoms with Crippen molar-refractivity contribution >= 4 is 38.5 Å². The van der Waals surface area contributed by atoms with Gasteiger partial charge in [0.05, 0.1) is 5.56 Å². The molecule has 19 heavy (non-hydrogen) atoms.